The number of furan rings is 1. The maximum absolute atomic E-state index is 12.4. The summed E-state index contributed by atoms with van der Waals surface area (Å²) in [6.07, 6.45) is 2.44. The van der Waals surface area contributed by atoms with Gasteiger partial charge in [0.1, 0.15) is 13.1 Å². The van der Waals surface area contributed by atoms with Gasteiger partial charge in [-0.15, -0.1) is 11.3 Å². The van der Waals surface area contributed by atoms with Crippen molar-refractivity contribution in [3.8, 4) is 0 Å². The molecular formula is C20H22ClN2O2S+. The molecular weight excluding hydrogens is 368 g/mol. The van der Waals surface area contributed by atoms with Crippen LogP contribution in [0.25, 0.3) is 0 Å². The fourth-order valence-corrected chi connectivity index (χ4v) is 3.82. The van der Waals surface area contributed by atoms with Crippen molar-refractivity contribution >= 4 is 28.8 Å². The van der Waals surface area contributed by atoms with E-state index in [-0.39, 0.29) is 5.91 Å². The highest BCUT2D eigenvalue weighted by Gasteiger charge is 2.17. The molecule has 2 heterocycles. The molecule has 0 saturated carbocycles. The average molecular weight is 390 g/mol. The smallest absolute Gasteiger partial charge is 0.275 e. The molecule has 1 aromatic carbocycles. The van der Waals surface area contributed by atoms with Gasteiger partial charge < -0.3 is 14.6 Å². The molecule has 0 bridgehead atoms. The number of carbonyl (C=O) groups excluding carboxylic acids is 1. The molecule has 2 aromatic heterocycles. The molecule has 0 saturated heterocycles. The van der Waals surface area contributed by atoms with Crippen LogP contribution in [0.3, 0.4) is 0 Å². The lowest BCUT2D eigenvalue weighted by Gasteiger charge is -2.17. The van der Waals surface area contributed by atoms with Crippen molar-refractivity contribution in [2.24, 2.45) is 0 Å². The molecule has 6 heteroatoms. The predicted octanol–water partition coefficient (Wildman–Crippen LogP) is 2.94. The van der Waals surface area contributed by atoms with E-state index < -0.39 is 0 Å². The van der Waals surface area contributed by atoms with Crippen LogP contribution in [0.5, 0.6) is 0 Å². The first kappa shape index (κ1) is 18.7. The van der Waals surface area contributed by atoms with E-state index in [0.29, 0.717) is 19.6 Å². The van der Waals surface area contributed by atoms with Crippen molar-refractivity contribution in [1.82, 2.24) is 5.32 Å². The summed E-state index contributed by atoms with van der Waals surface area (Å²) in [5.41, 5.74) is 1.12. The van der Waals surface area contributed by atoms with E-state index in [9.17, 15) is 4.79 Å². The van der Waals surface area contributed by atoms with Gasteiger partial charge in [-0.05, 0) is 47.7 Å². The molecule has 26 heavy (non-hydrogen) atoms. The minimum absolute atomic E-state index is 0.0464. The lowest BCUT2D eigenvalue weighted by Crippen LogP contribution is -3.10. The predicted molar refractivity (Wildman–Crippen MR) is 104 cm³/mol. The lowest BCUT2D eigenvalue weighted by atomic mass is 10.1. The largest absolute Gasteiger partial charge is 0.463 e. The third-order valence-electron chi connectivity index (χ3n) is 4.04. The van der Waals surface area contributed by atoms with Crippen LogP contribution in [0.1, 0.15) is 16.2 Å². The second-order valence-electron chi connectivity index (χ2n) is 6.17. The molecule has 0 aliphatic heterocycles. The standard InChI is InChI=1S/C20H21ClN2O2S/c21-17-5-1-4-16(12-17)8-9-22-20(24)15-23(13-18-6-2-10-25-18)14-19-7-3-11-26-19/h1-7,10-12H,8-9,13-15H2,(H,22,24)/p+1. The topological polar surface area (TPSA) is 46.7 Å². The zero-order valence-corrected chi connectivity index (χ0v) is 16.0. The maximum atomic E-state index is 12.4. The van der Waals surface area contributed by atoms with Gasteiger partial charge in [0, 0.05) is 11.6 Å². The van der Waals surface area contributed by atoms with E-state index in [1.54, 1.807) is 17.6 Å². The highest BCUT2D eigenvalue weighted by molar-refractivity contribution is 7.09. The number of nitrogens with one attached hydrogen (secondary N) is 2. The molecule has 136 valence electrons. The number of thiophene rings is 1. The first-order chi connectivity index (χ1) is 12.7. The minimum atomic E-state index is 0.0464. The van der Waals surface area contributed by atoms with Gasteiger partial charge >= 0.3 is 0 Å². The maximum Gasteiger partial charge on any atom is 0.275 e. The number of halogens is 1. The SMILES string of the molecule is O=C(C[NH+](Cc1ccco1)Cc1cccs1)NCCc1cccc(Cl)c1. The molecule has 0 spiro atoms. The number of carbonyl (C=O) groups is 1. The summed E-state index contributed by atoms with van der Waals surface area (Å²) in [6, 6.07) is 15.7. The highest BCUT2D eigenvalue weighted by Crippen LogP contribution is 2.10. The van der Waals surface area contributed by atoms with E-state index >= 15 is 0 Å². The molecule has 3 aromatic rings. The highest BCUT2D eigenvalue weighted by atomic mass is 35.5. The van der Waals surface area contributed by atoms with Crippen LogP contribution < -0.4 is 10.2 Å². The van der Waals surface area contributed by atoms with Gasteiger partial charge in [0.2, 0.25) is 0 Å². The first-order valence-electron chi connectivity index (χ1n) is 8.58. The molecule has 2 N–H and O–H groups in total. The molecule has 0 aliphatic rings. The number of amides is 1. The van der Waals surface area contributed by atoms with Crippen LogP contribution in [0.2, 0.25) is 5.02 Å². The van der Waals surface area contributed by atoms with Crippen LogP contribution in [0, 0.1) is 0 Å². The van der Waals surface area contributed by atoms with E-state index in [4.69, 9.17) is 16.0 Å². The normalized spacial score (nSPS) is 12.0. The number of hydrogen-bond donors (Lipinski definition) is 2. The number of quaternary nitrogens is 1. The van der Waals surface area contributed by atoms with Gasteiger partial charge in [0.25, 0.3) is 5.91 Å². The van der Waals surface area contributed by atoms with Crippen molar-refractivity contribution in [2.75, 3.05) is 13.1 Å². The van der Waals surface area contributed by atoms with Crippen molar-refractivity contribution in [3.63, 3.8) is 0 Å². The van der Waals surface area contributed by atoms with Crippen molar-refractivity contribution in [3.05, 3.63) is 81.4 Å². The van der Waals surface area contributed by atoms with Gasteiger partial charge in [0.05, 0.1) is 11.1 Å². The monoisotopic (exact) mass is 389 g/mol. The molecule has 0 aliphatic carbocycles. The fraction of sp³-hybridized carbons (Fsp3) is 0.250. The summed E-state index contributed by atoms with van der Waals surface area (Å²) < 4.78 is 5.45. The van der Waals surface area contributed by atoms with Crippen LogP contribution >= 0.6 is 22.9 Å². The Morgan fingerprint density at radius 2 is 2.08 bits per heavy atom. The average Bonchev–Trinajstić information content (AvgIpc) is 3.29. The summed E-state index contributed by atoms with van der Waals surface area (Å²) in [7, 11) is 0. The quantitative estimate of drug-likeness (QED) is 0.591. The number of hydrogen-bond acceptors (Lipinski definition) is 3. The summed E-state index contributed by atoms with van der Waals surface area (Å²) >= 11 is 7.70. The van der Waals surface area contributed by atoms with E-state index in [2.05, 4.69) is 16.8 Å². The molecule has 1 atom stereocenters. The summed E-state index contributed by atoms with van der Waals surface area (Å²) in [6.45, 7) is 2.51. The number of rotatable bonds is 9. The molecule has 0 fully saturated rings. The Hall–Kier alpha value is -2.08. The molecule has 1 unspecified atom stereocenters. The van der Waals surface area contributed by atoms with Crippen LogP contribution in [0.4, 0.5) is 0 Å². The van der Waals surface area contributed by atoms with E-state index in [0.717, 1.165) is 34.2 Å². The first-order valence-corrected chi connectivity index (χ1v) is 9.84. The third-order valence-corrected chi connectivity index (χ3v) is 5.16. The van der Waals surface area contributed by atoms with Crippen LogP contribution in [-0.2, 0) is 24.3 Å². The van der Waals surface area contributed by atoms with Gasteiger partial charge in [-0.2, -0.15) is 0 Å². The summed E-state index contributed by atoms with van der Waals surface area (Å²) in [5, 5.41) is 5.79. The molecule has 4 nitrogen and oxygen atoms in total. The summed E-state index contributed by atoms with van der Waals surface area (Å²) in [5.74, 6) is 0.938. The second kappa shape index (κ2) is 9.57. The Morgan fingerprint density at radius 1 is 1.15 bits per heavy atom. The van der Waals surface area contributed by atoms with Gasteiger partial charge in [-0.1, -0.05) is 29.8 Å². The molecule has 1 amide bonds. The Balaban J connectivity index is 1.50. The van der Waals surface area contributed by atoms with Crippen LogP contribution in [0.15, 0.2) is 64.6 Å². The molecule has 3 rings (SSSR count). The second-order valence-corrected chi connectivity index (χ2v) is 7.64. The zero-order valence-electron chi connectivity index (χ0n) is 14.4. The van der Waals surface area contributed by atoms with Gasteiger partial charge in [0.15, 0.2) is 12.3 Å². The van der Waals surface area contributed by atoms with E-state index in [1.807, 2.05) is 42.5 Å². The summed E-state index contributed by atoms with van der Waals surface area (Å²) in [4.78, 5) is 14.8. The Labute approximate surface area is 162 Å². The van der Waals surface area contributed by atoms with Crippen molar-refractivity contribution < 1.29 is 14.1 Å². The van der Waals surface area contributed by atoms with Crippen molar-refractivity contribution in [2.45, 2.75) is 19.5 Å². The Morgan fingerprint density at radius 3 is 2.81 bits per heavy atom. The lowest BCUT2D eigenvalue weighted by molar-refractivity contribution is -0.920. The Kier molecular flexibility index (Phi) is 6.89. The zero-order chi connectivity index (χ0) is 18.2. The fourth-order valence-electron chi connectivity index (χ4n) is 2.83. The van der Waals surface area contributed by atoms with E-state index in [1.165, 1.54) is 4.88 Å². The minimum Gasteiger partial charge on any atom is -0.463 e. The third kappa shape index (κ3) is 6.02. The van der Waals surface area contributed by atoms with Crippen LogP contribution in [-0.4, -0.2) is 19.0 Å². The van der Waals surface area contributed by atoms with Crippen molar-refractivity contribution in [1.29, 1.82) is 0 Å². The Bertz CT molecular complexity index is 767. The molecule has 0 radical (unpaired) electrons. The van der Waals surface area contributed by atoms with Gasteiger partial charge in [-0.3, -0.25) is 4.79 Å². The van der Waals surface area contributed by atoms with Gasteiger partial charge in [-0.25, -0.2) is 0 Å². The number of benzene rings is 1.